The second-order valence-electron chi connectivity index (χ2n) is 4.70. The van der Waals surface area contributed by atoms with Gasteiger partial charge in [-0.3, -0.25) is 4.98 Å². The van der Waals surface area contributed by atoms with Gasteiger partial charge < -0.3 is 19.5 Å². The highest BCUT2D eigenvalue weighted by atomic mass is 16.5. The van der Waals surface area contributed by atoms with E-state index in [4.69, 9.17) is 14.2 Å². The zero-order valence-electron chi connectivity index (χ0n) is 11.6. The van der Waals surface area contributed by atoms with Gasteiger partial charge in [-0.1, -0.05) is 0 Å². The first-order valence-corrected chi connectivity index (χ1v) is 6.69. The second kappa shape index (κ2) is 7.31. The van der Waals surface area contributed by atoms with Crippen LogP contribution >= 0.6 is 0 Å². The van der Waals surface area contributed by atoms with E-state index in [1.165, 1.54) is 12.8 Å². The van der Waals surface area contributed by atoms with Crippen molar-refractivity contribution in [2.24, 2.45) is 5.92 Å². The van der Waals surface area contributed by atoms with Crippen molar-refractivity contribution in [3.63, 3.8) is 0 Å². The normalized spacial score (nSPS) is 16.3. The van der Waals surface area contributed by atoms with Crippen molar-refractivity contribution in [3.05, 3.63) is 18.0 Å². The summed E-state index contributed by atoms with van der Waals surface area (Å²) in [5.74, 6) is 2.01. The summed E-state index contributed by atoms with van der Waals surface area (Å²) in [6.45, 7) is 3.43. The number of methoxy groups -OCH3 is 2. The van der Waals surface area contributed by atoms with E-state index in [-0.39, 0.29) is 0 Å². The number of rotatable bonds is 6. The van der Waals surface area contributed by atoms with Gasteiger partial charge in [0.15, 0.2) is 11.5 Å². The number of aromatic nitrogens is 1. The molecule has 0 radical (unpaired) electrons. The molecule has 0 spiro atoms. The summed E-state index contributed by atoms with van der Waals surface area (Å²) in [6.07, 6.45) is 4.08. The van der Waals surface area contributed by atoms with Gasteiger partial charge in [-0.25, -0.2) is 0 Å². The Labute approximate surface area is 114 Å². The van der Waals surface area contributed by atoms with Gasteiger partial charge in [-0.15, -0.1) is 0 Å². The number of pyridine rings is 1. The summed E-state index contributed by atoms with van der Waals surface area (Å²) in [5, 5.41) is 3.35. The quantitative estimate of drug-likeness (QED) is 0.848. The highest BCUT2D eigenvalue weighted by molar-refractivity contribution is 5.42. The third kappa shape index (κ3) is 3.81. The molecule has 0 saturated carbocycles. The zero-order valence-corrected chi connectivity index (χ0v) is 11.6. The van der Waals surface area contributed by atoms with E-state index in [1.807, 2.05) is 0 Å². The summed E-state index contributed by atoms with van der Waals surface area (Å²) < 4.78 is 16.4. The van der Waals surface area contributed by atoms with E-state index < -0.39 is 0 Å². The molecule has 1 N–H and O–H groups in total. The monoisotopic (exact) mass is 266 g/mol. The average Bonchev–Trinajstić information content (AvgIpc) is 2.48. The van der Waals surface area contributed by atoms with Crippen molar-refractivity contribution in [2.45, 2.75) is 19.4 Å². The Hall–Kier alpha value is -1.33. The standard InChI is InChI=1S/C14H22N2O3/c1-17-13-5-8-16-12(14(13)18-2)10-19-9-11-3-6-15-7-4-11/h5,8,11,15H,3-4,6-7,9-10H2,1-2H3. The molecule has 0 aromatic carbocycles. The third-order valence-corrected chi connectivity index (χ3v) is 3.42. The molecule has 0 amide bonds. The smallest absolute Gasteiger partial charge is 0.184 e. The van der Waals surface area contributed by atoms with Crippen LogP contribution in [0.1, 0.15) is 18.5 Å². The molecule has 5 heteroatoms. The lowest BCUT2D eigenvalue weighted by molar-refractivity contribution is 0.0728. The molecular formula is C14H22N2O3. The molecule has 0 unspecified atom stereocenters. The molecule has 2 rings (SSSR count). The van der Waals surface area contributed by atoms with E-state index in [9.17, 15) is 0 Å². The molecule has 1 aliphatic rings. The van der Waals surface area contributed by atoms with Crippen LogP contribution in [0.5, 0.6) is 11.5 Å². The fraction of sp³-hybridized carbons (Fsp3) is 0.643. The topological polar surface area (TPSA) is 52.6 Å². The van der Waals surface area contributed by atoms with Crippen molar-refractivity contribution < 1.29 is 14.2 Å². The highest BCUT2D eigenvalue weighted by Gasteiger charge is 2.15. The predicted octanol–water partition coefficient (Wildman–Crippen LogP) is 1.61. The lowest BCUT2D eigenvalue weighted by atomic mass is 9.99. The van der Waals surface area contributed by atoms with E-state index in [2.05, 4.69) is 10.3 Å². The van der Waals surface area contributed by atoms with Gasteiger partial charge in [0.05, 0.1) is 27.4 Å². The maximum atomic E-state index is 5.78. The molecule has 1 fully saturated rings. The first-order valence-electron chi connectivity index (χ1n) is 6.69. The molecule has 1 aliphatic heterocycles. The third-order valence-electron chi connectivity index (χ3n) is 3.42. The Bertz CT molecular complexity index is 392. The summed E-state index contributed by atoms with van der Waals surface area (Å²) in [6, 6.07) is 1.79. The first-order chi connectivity index (χ1) is 9.35. The van der Waals surface area contributed by atoms with Crippen LogP contribution in [0.4, 0.5) is 0 Å². The Morgan fingerprint density at radius 2 is 2.05 bits per heavy atom. The lowest BCUT2D eigenvalue weighted by Gasteiger charge is -2.22. The molecule has 1 saturated heterocycles. The molecule has 5 nitrogen and oxygen atoms in total. The van der Waals surface area contributed by atoms with Crippen LogP contribution in [0.2, 0.25) is 0 Å². The Morgan fingerprint density at radius 3 is 2.74 bits per heavy atom. The van der Waals surface area contributed by atoms with Gasteiger partial charge in [-0.2, -0.15) is 0 Å². The zero-order chi connectivity index (χ0) is 13.5. The van der Waals surface area contributed by atoms with Crippen LogP contribution in [0.25, 0.3) is 0 Å². The largest absolute Gasteiger partial charge is 0.493 e. The fourth-order valence-electron chi connectivity index (χ4n) is 2.32. The summed E-state index contributed by atoms with van der Waals surface area (Å²) >= 11 is 0. The van der Waals surface area contributed by atoms with Gasteiger partial charge in [-0.05, 0) is 31.8 Å². The summed E-state index contributed by atoms with van der Waals surface area (Å²) in [4.78, 5) is 4.30. The van der Waals surface area contributed by atoms with Gasteiger partial charge in [0, 0.05) is 12.3 Å². The van der Waals surface area contributed by atoms with E-state index in [1.54, 1.807) is 26.5 Å². The molecule has 0 bridgehead atoms. The minimum Gasteiger partial charge on any atom is -0.493 e. The van der Waals surface area contributed by atoms with Crippen molar-refractivity contribution >= 4 is 0 Å². The average molecular weight is 266 g/mol. The van der Waals surface area contributed by atoms with Crippen molar-refractivity contribution in [1.82, 2.24) is 10.3 Å². The predicted molar refractivity (Wildman–Crippen MR) is 72.6 cm³/mol. The Kier molecular flexibility index (Phi) is 5.42. The first kappa shape index (κ1) is 14.1. The van der Waals surface area contributed by atoms with Crippen molar-refractivity contribution in [3.8, 4) is 11.5 Å². The molecular weight excluding hydrogens is 244 g/mol. The molecule has 0 atom stereocenters. The van der Waals surface area contributed by atoms with Gasteiger partial charge in [0.25, 0.3) is 0 Å². The number of nitrogens with zero attached hydrogens (tertiary/aromatic N) is 1. The number of hydrogen-bond donors (Lipinski definition) is 1. The Morgan fingerprint density at radius 1 is 1.26 bits per heavy atom. The SMILES string of the molecule is COc1ccnc(COCC2CCNCC2)c1OC. The Balaban J connectivity index is 1.88. The van der Waals surface area contributed by atoms with Gasteiger partial charge >= 0.3 is 0 Å². The van der Waals surface area contributed by atoms with Gasteiger partial charge in [0.2, 0.25) is 0 Å². The molecule has 0 aliphatic carbocycles. The minimum atomic E-state index is 0.463. The maximum absolute atomic E-state index is 5.78. The molecule has 106 valence electrons. The highest BCUT2D eigenvalue weighted by Crippen LogP contribution is 2.29. The van der Waals surface area contributed by atoms with Crippen LogP contribution in [-0.2, 0) is 11.3 Å². The van der Waals surface area contributed by atoms with Crippen LogP contribution in [0, 0.1) is 5.92 Å². The van der Waals surface area contributed by atoms with Crippen LogP contribution < -0.4 is 14.8 Å². The lowest BCUT2D eigenvalue weighted by Crippen LogP contribution is -2.29. The van der Waals surface area contributed by atoms with Gasteiger partial charge in [0.1, 0.15) is 5.69 Å². The fourth-order valence-corrected chi connectivity index (χ4v) is 2.32. The molecule has 1 aromatic rings. The van der Waals surface area contributed by atoms with E-state index in [0.717, 1.165) is 25.4 Å². The summed E-state index contributed by atoms with van der Waals surface area (Å²) in [5.41, 5.74) is 0.788. The number of ether oxygens (including phenoxy) is 3. The number of hydrogen-bond acceptors (Lipinski definition) is 5. The molecule has 2 heterocycles. The molecule has 19 heavy (non-hydrogen) atoms. The van der Waals surface area contributed by atoms with Crippen molar-refractivity contribution in [1.29, 1.82) is 0 Å². The van der Waals surface area contributed by atoms with Crippen LogP contribution in [0.3, 0.4) is 0 Å². The second-order valence-corrected chi connectivity index (χ2v) is 4.70. The minimum absolute atomic E-state index is 0.463. The maximum Gasteiger partial charge on any atom is 0.184 e. The van der Waals surface area contributed by atoms with Crippen LogP contribution in [0.15, 0.2) is 12.3 Å². The van der Waals surface area contributed by atoms with Crippen LogP contribution in [-0.4, -0.2) is 38.9 Å². The number of piperidine rings is 1. The molecule has 1 aromatic heterocycles. The number of nitrogens with one attached hydrogen (secondary N) is 1. The van der Waals surface area contributed by atoms with Crippen molar-refractivity contribution in [2.75, 3.05) is 33.9 Å². The summed E-state index contributed by atoms with van der Waals surface area (Å²) in [7, 11) is 3.24. The van der Waals surface area contributed by atoms with E-state index >= 15 is 0 Å². The van der Waals surface area contributed by atoms with E-state index in [0.29, 0.717) is 24.0 Å².